The van der Waals surface area contributed by atoms with Crippen LogP contribution in [0.15, 0.2) is 152 Å². The first-order valence-electron chi connectivity index (χ1n) is 19.7. The first kappa shape index (κ1) is 26.7. The topological polar surface area (TPSA) is 128 Å². The van der Waals surface area contributed by atoms with Crippen LogP contribution >= 0.6 is 0 Å². The third kappa shape index (κ3) is 6.16. The molecule has 10 nitrogen and oxygen atoms in total. The molecule has 0 saturated heterocycles. The van der Waals surface area contributed by atoms with Gasteiger partial charge in [-0.1, -0.05) is 145 Å². The van der Waals surface area contributed by atoms with Crippen molar-refractivity contribution in [2.75, 3.05) is 6.61 Å². The molecule has 0 unspecified atom stereocenters. The van der Waals surface area contributed by atoms with Crippen LogP contribution in [0.5, 0.6) is 11.8 Å². The van der Waals surface area contributed by atoms with Gasteiger partial charge in [-0.25, -0.2) is 9.48 Å². The van der Waals surface area contributed by atoms with Gasteiger partial charge in [0.25, 0.3) is 6.01 Å². The third-order valence-corrected chi connectivity index (χ3v) is 8.75. The van der Waals surface area contributed by atoms with Gasteiger partial charge in [0.2, 0.25) is 0 Å². The molecule has 53 heavy (non-hydrogen) atoms. The summed E-state index contributed by atoms with van der Waals surface area (Å²) in [6, 6.07) is 36.4. The smallest absolute Gasteiger partial charge is 0.465 e. The van der Waals surface area contributed by atoms with Gasteiger partial charge in [0.05, 0.1) is 17.6 Å². The molecule has 0 saturated carbocycles. The van der Waals surface area contributed by atoms with Crippen LogP contribution in [0.2, 0.25) is 0 Å². The summed E-state index contributed by atoms with van der Waals surface area (Å²) in [6.45, 7) is 1.90. The number of nitrogens with one attached hydrogen (secondary N) is 1. The van der Waals surface area contributed by atoms with Crippen LogP contribution in [0.4, 0.5) is 4.79 Å². The van der Waals surface area contributed by atoms with E-state index in [0.29, 0.717) is 5.56 Å². The Morgan fingerprint density at radius 3 is 1.98 bits per heavy atom. The zero-order valence-electron chi connectivity index (χ0n) is 34.2. The number of aromatic amines is 1. The number of hydrogen-bond donors (Lipinski definition) is 2. The number of nitrogens with zero attached hydrogens (tertiary/aromatic N) is 5. The van der Waals surface area contributed by atoms with Crippen LogP contribution in [0.3, 0.4) is 0 Å². The van der Waals surface area contributed by atoms with Gasteiger partial charge in [0.1, 0.15) is 11.1 Å². The van der Waals surface area contributed by atoms with Crippen LogP contribution < -0.4 is 9.47 Å². The van der Waals surface area contributed by atoms with Crippen molar-refractivity contribution in [2.24, 2.45) is 0 Å². The Labute approximate surface area is 313 Å². The Morgan fingerprint density at radius 1 is 0.811 bits per heavy atom. The number of H-pyrrole nitrogens is 1. The van der Waals surface area contributed by atoms with E-state index < -0.39 is 47.8 Å². The van der Waals surface area contributed by atoms with Gasteiger partial charge in [-0.05, 0) is 68.7 Å². The van der Waals surface area contributed by atoms with E-state index in [1.54, 1.807) is 35.9 Å². The summed E-state index contributed by atoms with van der Waals surface area (Å²) in [5, 5.41) is 22.7. The number of rotatable bonds is 11. The van der Waals surface area contributed by atoms with Gasteiger partial charge in [-0.3, -0.25) is 0 Å². The molecule has 2 heterocycles. The van der Waals surface area contributed by atoms with E-state index in [9.17, 15) is 18.1 Å². The predicted octanol–water partition coefficient (Wildman–Crippen LogP) is 8.77. The summed E-state index contributed by atoms with van der Waals surface area (Å²) in [7, 11) is 0. The average molecular weight is 705 g/mol. The van der Waals surface area contributed by atoms with Crippen molar-refractivity contribution in [1.82, 2.24) is 30.2 Å². The fourth-order valence-electron chi connectivity index (χ4n) is 6.56. The summed E-state index contributed by atoms with van der Waals surface area (Å²) in [5.41, 5.74) is 1.21. The number of fused-ring (bicyclic) bond motifs is 1. The lowest BCUT2D eigenvalue weighted by molar-refractivity contribution is 0.145. The van der Waals surface area contributed by atoms with Crippen LogP contribution in [0, 0.1) is 0 Å². The maximum Gasteiger partial charge on any atom is 0.511 e. The number of aromatic nitrogens is 6. The van der Waals surface area contributed by atoms with Crippen LogP contribution in [0.1, 0.15) is 43.0 Å². The largest absolute Gasteiger partial charge is 0.511 e. The van der Waals surface area contributed by atoms with Gasteiger partial charge in [-0.2, -0.15) is 4.98 Å². The maximum atomic E-state index is 11.5. The summed E-state index contributed by atoms with van der Waals surface area (Å²) >= 11 is 0. The number of imidazole rings is 1. The summed E-state index contributed by atoms with van der Waals surface area (Å²) in [5.74, 6) is 0.0956. The van der Waals surface area contributed by atoms with Gasteiger partial charge >= 0.3 is 6.16 Å². The van der Waals surface area contributed by atoms with Crippen molar-refractivity contribution < 1.29 is 27.6 Å². The first-order chi connectivity index (χ1) is 28.5. The highest BCUT2D eigenvalue weighted by Crippen LogP contribution is 2.43. The lowest BCUT2D eigenvalue weighted by Crippen LogP contribution is -2.39. The number of ether oxygens (including phenoxy) is 2. The van der Waals surface area contributed by atoms with E-state index >= 15 is 0 Å². The highest BCUT2D eigenvalue weighted by Gasteiger charge is 2.42. The molecule has 6 aromatic carbocycles. The first-order valence-corrected chi connectivity index (χ1v) is 16.7. The zero-order chi connectivity index (χ0) is 41.5. The molecule has 8 aromatic rings. The number of tetrazole rings is 1. The van der Waals surface area contributed by atoms with E-state index in [1.165, 1.54) is 12.1 Å². The summed E-state index contributed by atoms with van der Waals surface area (Å²) < 4.78 is 67.9. The lowest BCUT2D eigenvalue weighted by atomic mass is 9.77. The molecule has 0 aliphatic carbocycles. The normalized spacial score (nSPS) is 13.3. The van der Waals surface area contributed by atoms with E-state index in [0.717, 1.165) is 16.7 Å². The number of benzene rings is 6. The molecule has 8 rings (SSSR count). The molecular formula is C43H34N6O4. The average Bonchev–Trinajstić information content (AvgIpc) is 3.90. The second kappa shape index (κ2) is 14.3. The Balaban J connectivity index is 1.33. The highest BCUT2D eigenvalue weighted by atomic mass is 16.7. The Hall–Kier alpha value is -7.07. The SMILES string of the molecule is [2H]c1c([2H])c(C([2H])([2H])c2ccc(OC(=O)O)c3[nH]c(OCC)nc23)c([2H])c([2H])c1-c1ccccc1-c1nnnn1C(c1ccccc1)(c1ccccc1)c1ccccc1. The molecule has 260 valence electrons. The molecule has 0 spiro atoms. The van der Waals surface area contributed by atoms with Crippen molar-refractivity contribution in [3.8, 4) is 34.3 Å². The van der Waals surface area contributed by atoms with E-state index in [1.807, 2.05) is 91.0 Å². The minimum absolute atomic E-state index is 0.00772. The van der Waals surface area contributed by atoms with Crippen molar-refractivity contribution in [3.05, 3.63) is 179 Å². The van der Waals surface area contributed by atoms with Crippen molar-refractivity contribution in [1.29, 1.82) is 0 Å². The number of hydrogen-bond acceptors (Lipinski definition) is 7. The molecule has 2 aromatic heterocycles. The number of carboxylic acid groups (broad SMARTS) is 1. The van der Waals surface area contributed by atoms with Crippen molar-refractivity contribution >= 4 is 17.2 Å². The Morgan fingerprint density at radius 2 is 1.40 bits per heavy atom. The molecule has 0 aliphatic rings. The van der Waals surface area contributed by atoms with Gasteiger partial charge in [-0.15, -0.1) is 5.10 Å². The molecule has 0 amide bonds. The monoisotopic (exact) mass is 704 g/mol. The van der Waals surface area contributed by atoms with E-state index in [2.05, 4.69) is 25.5 Å². The zero-order valence-corrected chi connectivity index (χ0v) is 28.2. The molecule has 0 fully saturated rings. The van der Waals surface area contributed by atoms with Gasteiger partial charge < -0.3 is 19.6 Å². The maximum absolute atomic E-state index is 11.5. The molecule has 0 aliphatic heterocycles. The Kier molecular flexibility index (Phi) is 7.19. The second-order valence-corrected chi connectivity index (χ2v) is 11.8. The fourth-order valence-corrected chi connectivity index (χ4v) is 6.56. The molecule has 2 N–H and O–H groups in total. The molecule has 0 radical (unpaired) electrons. The van der Waals surface area contributed by atoms with Gasteiger partial charge in [0.15, 0.2) is 11.6 Å². The fraction of sp³-hybridized carbons (Fsp3) is 0.0930. The van der Waals surface area contributed by atoms with E-state index in [4.69, 9.17) is 9.47 Å². The van der Waals surface area contributed by atoms with Gasteiger partial charge in [0, 0.05) is 8.30 Å². The summed E-state index contributed by atoms with van der Waals surface area (Å²) in [4.78, 5) is 18.6. The van der Waals surface area contributed by atoms with Crippen LogP contribution in [0.25, 0.3) is 33.5 Å². The predicted molar refractivity (Wildman–Crippen MR) is 202 cm³/mol. The molecule has 10 heteroatoms. The van der Waals surface area contributed by atoms with Crippen molar-refractivity contribution in [3.63, 3.8) is 0 Å². The molecule has 0 bridgehead atoms. The molecule has 0 atom stereocenters. The number of carbonyl (C=O) groups is 1. The third-order valence-electron chi connectivity index (χ3n) is 8.75. The quantitative estimate of drug-likeness (QED) is 0.0777. The van der Waals surface area contributed by atoms with Crippen LogP contribution in [-0.2, 0) is 11.9 Å². The second-order valence-electron chi connectivity index (χ2n) is 11.8. The Bertz CT molecular complexity index is 2710. The standard InChI is InChI=1S/C43H34N6O4/c1-2-52-41-44-38-31(26-27-37(39(38)45-41)53-42(50)51)28-29-22-24-30(25-23-29)35-20-12-13-21-36(35)40-46-47-48-49(40)43(32-14-6-3-7-15-32,33-16-8-4-9-17-33)34-18-10-5-11-19-34/h3-27H,2,28H2,1H3,(H,44,45)(H,50,51)/i22D,23D,24D,25D,28D2. The van der Waals surface area contributed by atoms with E-state index in [-0.39, 0.29) is 51.9 Å². The lowest BCUT2D eigenvalue weighted by Gasteiger charge is -2.36. The highest BCUT2D eigenvalue weighted by molar-refractivity contribution is 5.87. The minimum atomic E-state index is -2.69. The molecular weight excluding hydrogens is 665 g/mol. The van der Waals surface area contributed by atoms with Crippen LogP contribution in [-0.4, -0.2) is 48.0 Å². The summed E-state index contributed by atoms with van der Waals surface area (Å²) in [6.07, 6.45) is -4.30. The minimum Gasteiger partial charge on any atom is -0.465 e. The van der Waals surface area contributed by atoms with Crippen molar-refractivity contribution in [2.45, 2.75) is 18.8 Å².